The van der Waals surface area contributed by atoms with Gasteiger partial charge in [0.2, 0.25) is 5.91 Å². The molecule has 0 aromatic heterocycles. The van der Waals surface area contributed by atoms with Crippen molar-refractivity contribution in [2.75, 3.05) is 39.5 Å². The minimum atomic E-state index is -4.19. The summed E-state index contributed by atoms with van der Waals surface area (Å²) < 4.78 is 31.4. The second-order valence-electron chi connectivity index (χ2n) is 15.6. The van der Waals surface area contributed by atoms with E-state index in [0.717, 1.165) is 42.4 Å². The van der Waals surface area contributed by atoms with E-state index in [4.69, 9.17) is 4.55 Å². The first kappa shape index (κ1) is 32.2. The van der Waals surface area contributed by atoms with Crippen LogP contribution in [-0.2, 0) is 14.9 Å². The third-order valence-electron chi connectivity index (χ3n) is 12.5. The highest BCUT2D eigenvalue weighted by molar-refractivity contribution is 7.85. The van der Waals surface area contributed by atoms with Gasteiger partial charge in [-0.05, 0) is 104 Å². The molecule has 4 saturated carbocycles. The molecule has 0 unspecified atom stereocenters. The molecule has 0 heterocycles. The zero-order valence-corrected chi connectivity index (χ0v) is 26.9. The van der Waals surface area contributed by atoms with E-state index in [9.17, 15) is 18.3 Å². The van der Waals surface area contributed by atoms with Gasteiger partial charge in [0.1, 0.15) is 18.4 Å². The number of fused-ring (bicyclic) bond motifs is 5. The summed E-state index contributed by atoms with van der Waals surface area (Å²) in [7, 11) is -0.357. The fourth-order valence-electron chi connectivity index (χ4n) is 10.6. The molecular formula is C32H59N2O5S+. The molecule has 0 spiro atoms. The number of nitrogens with zero attached hydrogens (tertiary/aromatic N) is 1. The zero-order chi connectivity index (χ0) is 29.3. The molecule has 4 fully saturated rings. The molecule has 0 radical (unpaired) electrons. The Labute approximate surface area is 244 Å². The second-order valence-corrected chi connectivity index (χ2v) is 17.1. The van der Waals surface area contributed by atoms with Crippen molar-refractivity contribution < 1.29 is 27.4 Å². The molecule has 0 aromatic rings. The number of hydrogen-bond acceptors (Lipinski definition) is 4. The molecular weight excluding hydrogens is 524 g/mol. The minimum Gasteiger partial charge on any atom is -0.386 e. The monoisotopic (exact) mass is 583 g/mol. The number of likely N-dealkylation sites (N-methyl/N-ethyl adjacent to an activating group) is 1. The number of nitrogens with one attached hydrogen (secondary N) is 1. The maximum absolute atomic E-state index is 12.7. The van der Waals surface area contributed by atoms with Crippen LogP contribution in [0.4, 0.5) is 0 Å². The van der Waals surface area contributed by atoms with Gasteiger partial charge in [-0.3, -0.25) is 9.35 Å². The highest BCUT2D eigenvalue weighted by Gasteiger charge is 2.60. The fourth-order valence-corrected chi connectivity index (χ4v) is 11.2. The Bertz CT molecular complexity index is 986. The van der Waals surface area contributed by atoms with Crippen molar-refractivity contribution in [2.45, 2.75) is 110 Å². The predicted molar refractivity (Wildman–Crippen MR) is 160 cm³/mol. The Kier molecular flexibility index (Phi) is 10.1. The van der Waals surface area contributed by atoms with Crippen molar-refractivity contribution in [3.05, 3.63) is 0 Å². The van der Waals surface area contributed by atoms with Gasteiger partial charge in [-0.2, -0.15) is 8.42 Å². The average Bonchev–Trinajstić information content (AvgIpc) is 3.20. The number of carbonyl (C=O) groups is 1. The average molecular weight is 584 g/mol. The lowest BCUT2D eigenvalue weighted by molar-refractivity contribution is -0.893. The van der Waals surface area contributed by atoms with Crippen LogP contribution in [0.2, 0.25) is 0 Å². The molecule has 0 aliphatic heterocycles. The van der Waals surface area contributed by atoms with Crippen LogP contribution < -0.4 is 5.32 Å². The summed E-state index contributed by atoms with van der Waals surface area (Å²) in [6.45, 7) is 9.18. The van der Waals surface area contributed by atoms with Crippen molar-refractivity contribution in [3.8, 4) is 0 Å². The molecule has 232 valence electrons. The van der Waals surface area contributed by atoms with E-state index in [1.807, 2.05) is 14.1 Å². The van der Waals surface area contributed by atoms with E-state index in [2.05, 4.69) is 26.1 Å². The lowest BCUT2D eigenvalue weighted by atomic mass is 9.44. The van der Waals surface area contributed by atoms with Crippen molar-refractivity contribution in [1.82, 2.24) is 5.32 Å². The number of quaternary nitrogens is 1. The van der Waals surface area contributed by atoms with Crippen LogP contribution in [0.25, 0.3) is 0 Å². The molecule has 0 bridgehead atoms. The number of amides is 1. The highest BCUT2D eigenvalue weighted by atomic mass is 32.2. The van der Waals surface area contributed by atoms with Crippen LogP contribution in [-0.4, -0.2) is 74.1 Å². The second kappa shape index (κ2) is 12.5. The van der Waals surface area contributed by atoms with Crippen LogP contribution in [0, 0.1) is 46.3 Å². The molecule has 0 aromatic carbocycles. The highest BCUT2D eigenvalue weighted by Crippen LogP contribution is 2.68. The molecule has 0 saturated heterocycles. The fraction of sp³-hybridized carbons (Fsp3) is 0.969. The zero-order valence-electron chi connectivity index (χ0n) is 26.0. The molecule has 4 aliphatic rings. The van der Waals surface area contributed by atoms with Gasteiger partial charge in [0, 0.05) is 19.4 Å². The first-order valence-electron chi connectivity index (χ1n) is 16.4. The van der Waals surface area contributed by atoms with Gasteiger partial charge < -0.3 is 14.9 Å². The summed E-state index contributed by atoms with van der Waals surface area (Å²) in [6.07, 6.45) is 15.5. The number of rotatable bonds is 12. The molecule has 3 N–H and O–H groups in total. The summed E-state index contributed by atoms with van der Waals surface area (Å²) in [5.74, 6) is 4.50. The lowest BCUT2D eigenvalue weighted by Gasteiger charge is -2.61. The van der Waals surface area contributed by atoms with Crippen LogP contribution in [0.1, 0.15) is 104 Å². The normalized spacial score (nSPS) is 37.6. The summed E-state index contributed by atoms with van der Waals surface area (Å²) in [5, 5.41) is 13.0. The van der Waals surface area contributed by atoms with Crippen molar-refractivity contribution >= 4 is 16.0 Å². The molecule has 7 nitrogen and oxygen atoms in total. The summed E-state index contributed by atoms with van der Waals surface area (Å²) in [4.78, 5) is 12.7. The number of aliphatic hydroxyl groups excluding tert-OH is 1. The van der Waals surface area contributed by atoms with Gasteiger partial charge in [0.25, 0.3) is 10.1 Å². The number of aliphatic hydroxyl groups is 1. The Hall–Kier alpha value is -0.700. The molecule has 40 heavy (non-hydrogen) atoms. The molecule has 4 aliphatic carbocycles. The summed E-state index contributed by atoms with van der Waals surface area (Å²) in [6, 6.07) is 0. The van der Waals surface area contributed by atoms with Crippen molar-refractivity contribution in [1.29, 1.82) is 0 Å². The minimum absolute atomic E-state index is 0.121. The van der Waals surface area contributed by atoms with Gasteiger partial charge in [-0.25, -0.2) is 0 Å². The summed E-state index contributed by atoms with van der Waals surface area (Å²) in [5.41, 5.74) is 1.04. The molecule has 4 rings (SSSR count). The van der Waals surface area contributed by atoms with Crippen molar-refractivity contribution in [2.24, 2.45) is 46.3 Å². The van der Waals surface area contributed by atoms with Gasteiger partial charge in [0.05, 0.1) is 20.6 Å². The van der Waals surface area contributed by atoms with Crippen LogP contribution in [0.15, 0.2) is 0 Å². The smallest absolute Gasteiger partial charge is 0.267 e. The Morgan fingerprint density at radius 2 is 1.73 bits per heavy atom. The van der Waals surface area contributed by atoms with Gasteiger partial charge in [-0.1, -0.05) is 33.6 Å². The quantitative estimate of drug-likeness (QED) is 0.165. The summed E-state index contributed by atoms with van der Waals surface area (Å²) >= 11 is 0. The first-order valence-corrected chi connectivity index (χ1v) is 18.0. The van der Waals surface area contributed by atoms with Gasteiger partial charge >= 0.3 is 0 Å². The van der Waals surface area contributed by atoms with Crippen LogP contribution in [0.5, 0.6) is 0 Å². The topological polar surface area (TPSA) is 104 Å². The Morgan fingerprint density at radius 1 is 1.00 bits per heavy atom. The van der Waals surface area contributed by atoms with E-state index in [0.29, 0.717) is 40.7 Å². The third kappa shape index (κ3) is 7.26. The number of hydrogen-bond donors (Lipinski definition) is 3. The molecule has 8 heteroatoms. The Balaban J connectivity index is 1.20. The van der Waals surface area contributed by atoms with E-state index in [-0.39, 0.29) is 12.5 Å². The predicted octanol–water partition coefficient (Wildman–Crippen LogP) is 5.28. The maximum atomic E-state index is 12.7. The third-order valence-corrected chi connectivity index (χ3v) is 13.3. The van der Waals surface area contributed by atoms with Crippen LogP contribution in [0.3, 0.4) is 0 Å². The van der Waals surface area contributed by atoms with Gasteiger partial charge in [0.15, 0.2) is 0 Å². The van der Waals surface area contributed by atoms with E-state index in [1.165, 1.54) is 64.2 Å². The van der Waals surface area contributed by atoms with Crippen molar-refractivity contribution in [3.63, 3.8) is 0 Å². The molecule has 9 atom stereocenters. The Morgan fingerprint density at radius 3 is 2.45 bits per heavy atom. The van der Waals surface area contributed by atoms with E-state index in [1.54, 1.807) is 0 Å². The maximum Gasteiger partial charge on any atom is 0.267 e. The van der Waals surface area contributed by atoms with Gasteiger partial charge in [-0.15, -0.1) is 0 Å². The first-order chi connectivity index (χ1) is 18.6. The lowest BCUT2D eigenvalue weighted by Crippen LogP contribution is -2.53. The number of carbonyl (C=O) groups excluding carboxylic acids is 1. The SMILES string of the molecule is C[C@H](CCC(=O)NCCC[N+](C)(C)C[C@H](O)CS(=O)(=O)O)[C@H]1CC[C@@H]2[C@@H]3CC[C@H]4CCCC[C@]4(C)[C@@H]3CC[C@@]21C. The molecule has 1 amide bonds. The van der Waals surface area contributed by atoms with Crippen LogP contribution >= 0.6 is 0 Å². The largest absolute Gasteiger partial charge is 0.386 e. The standard InChI is InChI=1S/C32H58N2O5S/c1-23(10-15-30(36)33-19-8-20-34(4,5)21-25(35)22-40(37,38)39)27-13-14-28-26-12-11-24-9-6-7-17-31(24,2)29(26)16-18-32(27,28)3/h23-29,35H,6-22H2,1-5H3,(H-,33,36,37,38,39)/p+1/t23-,24-,25+,26+,27-,28-,29-,31+,32-/m1/s1. The van der Waals surface area contributed by atoms with E-state index >= 15 is 0 Å². The van der Waals surface area contributed by atoms with E-state index < -0.39 is 22.0 Å².